The third-order valence-electron chi connectivity index (χ3n) is 3.48. The Labute approximate surface area is 115 Å². The number of aliphatic hydroxyl groups is 1. The Morgan fingerprint density at radius 1 is 1.45 bits per heavy atom. The lowest BCUT2D eigenvalue weighted by Gasteiger charge is -2.29. The van der Waals surface area contributed by atoms with Crippen molar-refractivity contribution in [2.24, 2.45) is 5.73 Å². The van der Waals surface area contributed by atoms with E-state index in [-0.39, 0.29) is 25.3 Å². The molecule has 6 N–H and O–H groups in total. The van der Waals surface area contributed by atoms with Gasteiger partial charge in [-0.2, -0.15) is 0 Å². The molecule has 2 atom stereocenters. The predicted octanol–water partition coefficient (Wildman–Crippen LogP) is -0.265. The van der Waals surface area contributed by atoms with Crippen LogP contribution in [0.3, 0.4) is 0 Å². The normalized spacial score (nSPS) is 16.9. The monoisotopic (exact) mass is 279 g/mol. The highest BCUT2D eigenvalue weighted by Gasteiger charge is 2.36. The second-order valence-electron chi connectivity index (χ2n) is 4.80. The number of nitrogen functional groups attached to an aromatic ring is 1. The molecule has 2 rings (SSSR count). The summed E-state index contributed by atoms with van der Waals surface area (Å²) < 4.78 is 0. The molecule has 1 aromatic rings. The summed E-state index contributed by atoms with van der Waals surface area (Å²) in [5.74, 6) is -1.29. The zero-order chi connectivity index (χ0) is 14.9. The highest BCUT2D eigenvalue weighted by Crippen LogP contribution is 2.30. The van der Waals surface area contributed by atoms with E-state index in [1.54, 1.807) is 18.2 Å². The second-order valence-corrected chi connectivity index (χ2v) is 4.80. The summed E-state index contributed by atoms with van der Waals surface area (Å²) >= 11 is 0. The van der Waals surface area contributed by atoms with Gasteiger partial charge in [-0.3, -0.25) is 9.59 Å². The van der Waals surface area contributed by atoms with Crippen molar-refractivity contribution in [3.05, 3.63) is 29.3 Å². The molecule has 0 saturated carbocycles. The van der Waals surface area contributed by atoms with E-state index in [1.807, 2.05) is 0 Å². The van der Waals surface area contributed by atoms with Crippen LogP contribution in [0, 0.1) is 0 Å². The van der Waals surface area contributed by atoms with Crippen molar-refractivity contribution in [1.82, 2.24) is 4.90 Å². The molecule has 0 saturated heterocycles. The molecule has 0 bridgehead atoms. The van der Waals surface area contributed by atoms with Crippen LogP contribution in [0.4, 0.5) is 5.69 Å². The number of fused-ring (bicyclic) bond motifs is 1. The zero-order valence-electron chi connectivity index (χ0n) is 10.8. The lowest BCUT2D eigenvalue weighted by Crippen LogP contribution is -2.48. The quantitative estimate of drug-likeness (QED) is 0.434. The maximum absolute atomic E-state index is 12.3. The van der Waals surface area contributed by atoms with E-state index in [0.717, 1.165) is 0 Å². The number of nitrogens with two attached hydrogens (primary N) is 2. The minimum absolute atomic E-state index is 0.0899. The van der Waals surface area contributed by atoms with Crippen LogP contribution in [0.2, 0.25) is 0 Å². The van der Waals surface area contributed by atoms with E-state index in [1.165, 1.54) is 4.90 Å². The average molecular weight is 279 g/mol. The van der Waals surface area contributed by atoms with Crippen molar-refractivity contribution in [3.63, 3.8) is 0 Å². The first kappa shape index (κ1) is 14.3. The SMILES string of the molecule is Nc1cccc2c1CN(C(CCC(=O)O)C(N)O)C2=O. The standard InChI is InChI=1S/C13H17N3O4/c14-9-3-1-2-7-8(9)6-16(13(7)20)10(12(15)19)4-5-11(17)18/h1-3,10,12,19H,4-6,14-15H2,(H,17,18). The number of amides is 1. The fourth-order valence-corrected chi connectivity index (χ4v) is 2.43. The van der Waals surface area contributed by atoms with Gasteiger partial charge < -0.3 is 26.6 Å². The van der Waals surface area contributed by atoms with Crippen molar-refractivity contribution in [3.8, 4) is 0 Å². The van der Waals surface area contributed by atoms with Gasteiger partial charge >= 0.3 is 5.97 Å². The molecule has 1 amide bonds. The molecule has 1 heterocycles. The number of carboxylic acid groups (broad SMARTS) is 1. The number of aliphatic hydroxyl groups excluding tert-OH is 1. The van der Waals surface area contributed by atoms with Gasteiger partial charge in [0.1, 0.15) is 6.23 Å². The number of nitrogens with zero attached hydrogens (tertiary/aromatic N) is 1. The first-order valence-corrected chi connectivity index (χ1v) is 6.25. The number of carboxylic acids is 1. The molecule has 0 aromatic heterocycles. The van der Waals surface area contributed by atoms with Crippen LogP contribution < -0.4 is 11.5 Å². The molecule has 0 fully saturated rings. The molecular weight excluding hydrogens is 262 g/mol. The Kier molecular flexibility index (Phi) is 3.91. The van der Waals surface area contributed by atoms with Crippen molar-refractivity contribution in [2.75, 3.05) is 5.73 Å². The number of anilines is 1. The van der Waals surface area contributed by atoms with Crippen LogP contribution in [0.15, 0.2) is 18.2 Å². The highest BCUT2D eigenvalue weighted by molar-refractivity contribution is 6.00. The van der Waals surface area contributed by atoms with Crippen LogP contribution in [0.5, 0.6) is 0 Å². The molecule has 2 unspecified atom stereocenters. The highest BCUT2D eigenvalue weighted by atomic mass is 16.4. The van der Waals surface area contributed by atoms with Gasteiger partial charge in [-0.25, -0.2) is 0 Å². The lowest BCUT2D eigenvalue weighted by atomic mass is 10.1. The maximum Gasteiger partial charge on any atom is 0.303 e. The van der Waals surface area contributed by atoms with Crippen molar-refractivity contribution in [2.45, 2.75) is 31.7 Å². The van der Waals surface area contributed by atoms with Gasteiger partial charge in [0.2, 0.25) is 0 Å². The molecule has 0 radical (unpaired) electrons. The van der Waals surface area contributed by atoms with E-state index >= 15 is 0 Å². The van der Waals surface area contributed by atoms with Gasteiger partial charge in [0.15, 0.2) is 0 Å². The number of aliphatic carboxylic acids is 1. The molecule has 1 aliphatic heterocycles. The van der Waals surface area contributed by atoms with Gasteiger partial charge in [0.25, 0.3) is 5.91 Å². The smallest absolute Gasteiger partial charge is 0.303 e. The Morgan fingerprint density at radius 2 is 2.15 bits per heavy atom. The van der Waals surface area contributed by atoms with E-state index in [0.29, 0.717) is 16.8 Å². The van der Waals surface area contributed by atoms with Gasteiger partial charge in [-0.1, -0.05) is 6.07 Å². The number of carbonyl (C=O) groups excluding carboxylic acids is 1. The molecule has 20 heavy (non-hydrogen) atoms. The molecule has 1 aromatic carbocycles. The summed E-state index contributed by atoms with van der Waals surface area (Å²) in [5.41, 5.74) is 13.0. The summed E-state index contributed by atoms with van der Waals surface area (Å²) in [5, 5.41) is 18.3. The number of rotatable bonds is 5. The molecule has 0 spiro atoms. The molecule has 7 heteroatoms. The molecule has 108 valence electrons. The molecule has 1 aliphatic rings. The molecular formula is C13H17N3O4. The summed E-state index contributed by atoms with van der Waals surface area (Å²) in [6.07, 6.45) is -1.38. The van der Waals surface area contributed by atoms with E-state index in [9.17, 15) is 14.7 Å². The fraction of sp³-hybridized carbons (Fsp3) is 0.385. The van der Waals surface area contributed by atoms with Gasteiger partial charge in [-0.05, 0) is 18.6 Å². The summed E-state index contributed by atoms with van der Waals surface area (Å²) in [6.45, 7) is 0.236. The molecule has 7 nitrogen and oxygen atoms in total. The van der Waals surface area contributed by atoms with Gasteiger partial charge in [0.05, 0.1) is 6.04 Å². The van der Waals surface area contributed by atoms with Crippen LogP contribution in [-0.4, -0.2) is 39.3 Å². The van der Waals surface area contributed by atoms with E-state index in [4.69, 9.17) is 16.6 Å². The zero-order valence-corrected chi connectivity index (χ0v) is 10.8. The minimum Gasteiger partial charge on any atom is -0.481 e. The number of hydrogen-bond donors (Lipinski definition) is 4. The number of carbonyl (C=O) groups is 2. The predicted molar refractivity (Wildman–Crippen MR) is 71.6 cm³/mol. The fourth-order valence-electron chi connectivity index (χ4n) is 2.43. The summed E-state index contributed by atoms with van der Waals surface area (Å²) in [6, 6.07) is 4.29. The van der Waals surface area contributed by atoms with Gasteiger partial charge in [0, 0.05) is 29.8 Å². The largest absolute Gasteiger partial charge is 0.481 e. The third-order valence-corrected chi connectivity index (χ3v) is 3.48. The first-order valence-electron chi connectivity index (χ1n) is 6.25. The third kappa shape index (κ3) is 2.59. The molecule has 0 aliphatic carbocycles. The number of benzene rings is 1. The Morgan fingerprint density at radius 3 is 2.70 bits per heavy atom. The lowest BCUT2D eigenvalue weighted by molar-refractivity contribution is -0.137. The van der Waals surface area contributed by atoms with Crippen LogP contribution >= 0.6 is 0 Å². The van der Waals surface area contributed by atoms with Crippen molar-refractivity contribution < 1.29 is 19.8 Å². The van der Waals surface area contributed by atoms with Crippen molar-refractivity contribution >= 4 is 17.6 Å². The van der Waals surface area contributed by atoms with Crippen LogP contribution in [0.1, 0.15) is 28.8 Å². The minimum atomic E-state index is -1.30. The Balaban J connectivity index is 2.23. The topological polar surface area (TPSA) is 130 Å². The maximum atomic E-state index is 12.3. The Bertz CT molecular complexity index is 544. The van der Waals surface area contributed by atoms with Gasteiger partial charge in [-0.15, -0.1) is 0 Å². The van der Waals surface area contributed by atoms with Crippen LogP contribution in [0.25, 0.3) is 0 Å². The van der Waals surface area contributed by atoms with E-state index in [2.05, 4.69) is 0 Å². The van der Waals surface area contributed by atoms with Crippen molar-refractivity contribution in [1.29, 1.82) is 0 Å². The van der Waals surface area contributed by atoms with E-state index < -0.39 is 18.2 Å². The average Bonchev–Trinajstić information content (AvgIpc) is 2.69. The Hall–Kier alpha value is -2.12. The summed E-state index contributed by atoms with van der Waals surface area (Å²) in [4.78, 5) is 24.3. The second kappa shape index (κ2) is 5.48. The number of hydrogen-bond acceptors (Lipinski definition) is 5. The van der Waals surface area contributed by atoms with Crippen LogP contribution in [-0.2, 0) is 11.3 Å². The summed E-state index contributed by atoms with van der Waals surface area (Å²) in [7, 11) is 0. The first-order chi connectivity index (χ1) is 9.41.